The number of aryl methyl sites for hydroxylation is 1. The highest BCUT2D eigenvalue weighted by molar-refractivity contribution is 7.17. The Morgan fingerprint density at radius 1 is 1.00 bits per heavy atom. The molecule has 0 amide bonds. The Hall–Kier alpha value is -3.20. The second kappa shape index (κ2) is 9.30. The molecular weight excluding hydrogens is 436 g/mol. The van der Waals surface area contributed by atoms with Crippen molar-refractivity contribution in [3.05, 3.63) is 76.4 Å². The molecule has 2 aromatic carbocycles. The number of halogens is 4. The van der Waals surface area contributed by atoms with Gasteiger partial charge in [-0.25, -0.2) is 9.18 Å². The molecule has 0 spiro atoms. The first kappa shape index (κ1) is 22.5. The van der Waals surface area contributed by atoms with Crippen LogP contribution in [0, 0.1) is 5.82 Å². The minimum Gasteiger partial charge on any atom is -0.479 e. The summed E-state index contributed by atoms with van der Waals surface area (Å²) < 4.78 is 56.8. The van der Waals surface area contributed by atoms with Crippen LogP contribution in [0.1, 0.15) is 27.2 Å². The Bertz CT molecular complexity index is 1090. The predicted molar refractivity (Wildman–Crippen MR) is 107 cm³/mol. The van der Waals surface area contributed by atoms with E-state index in [0.717, 1.165) is 12.1 Å². The first-order chi connectivity index (χ1) is 14.6. The summed E-state index contributed by atoms with van der Waals surface area (Å²) in [6, 6.07) is 12.1. The number of carboxylic acids is 1. The molecule has 3 aromatic rings. The van der Waals surface area contributed by atoms with E-state index in [4.69, 9.17) is 9.84 Å². The minimum absolute atomic E-state index is 0.113. The van der Waals surface area contributed by atoms with Gasteiger partial charge in [0, 0.05) is 11.3 Å². The molecule has 0 saturated carbocycles. The summed E-state index contributed by atoms with van der Waals surface area (Å²) in [6.45, 7) is -0.658. The molecule has 0 aliphatic heterocycles. The van der Waals surface area contributed by atoms with Gasteiger partial charge in [-0.15, -0.1) is 11.3 Å². The summed E-state index contributed by atoms with van der Waals surface area (Å²) in [5, 5.41) is 8.56. The maximum Gasteiger partial charge on any atom is 0.416 e. The van der Waals surface area contributed by atoms with Crippen LogP contribution >= 0.6 is 11.3 Å². The van der Waals surface area contributed by atoms with Crippen LogP contribution in [0.25, 0.3) is 10.4 Å². The van der Waals surface area contributed by atoms with Crippen LogP contribution in [0.15, 0.2) is 54.6 Å². The largest absolute Gasteiger partial charge is 0.479 e. The van der Waals surface area contributed by atoms with Crippen molar-refractivity contribution >= 4 is 23.1 Å². The zero-order chi connectivity index (χ0) is 22.6. The Labute approximate surface area is 178 Å². The molecule has 9 heteroatoms. The molecule has 162 valence electrons. The van der Waals surface area contributed by atoms with Crippen LogP contribution < -0.4 is 4.74 Å². The van der Waals surface area contributed by atoms with Gasteiger partial charge in [-0.05, 0) is 53.9 Å². The average molecular weight is 452 g/mol. The predicted octanol–water partition coefficient (Wildman–Crippen LogP) is 5.85. The standard InChI is InChI=1S/C22H16F4O4S/c23-16-11-13(2-8-18(16)30-12-21(28)29)1-7-17(27)20-10-9-19(31-20)14-3-5-15(6-4-14)22(24,25)26/h2-6,8-11H,1,7,12H2,(H,28,29). The molecule has 0 unspecified atom stereocenters. The number of alkyl halides is 3. The van der Waals surface area contributed by atoms with Gasteiger partial charge in [0.05, 0.1) is 10.4 Å². The third-order valence-corrected chi connectivity index (χ3v) is 5.54. The van der Waals surface area contributed by atoms with E-state index in [2.05, 4.69) is 0 Å². The molecule has 31 heavy (non-hydrogen) atoms. The number of carbonyl (C=O) groups is 2. The fourth-order valence-corrected chi connectivity index (χ4v) is 3.78. The van der Waals surface area contributed by atoms with Crippen LogP contribution in [-0.2, 0) is 17.4 Å². The van der Waals surface area contributed by atoms with Gasteiger partial charge < -0.3 is 9.84 Å². The van der Waals surface area contributed by atoms with Gasteiger partial charge in [0.2, 0.25) is 0 Å². The smallest absolute Gasteiger partial charge is 0.416 e. The molecule has 0 fully saturated rings. The summed E-state index contributed by atoms with van der Waals surface area (Å²) in [6.07, 6.45) is -4.03. The molecule has 0 atom stereocenters. The number of rotatable bonds is 8. The summed E-state index contributed by atoms with van der Waals surface area (Å²) in [5.74, 6) is -2.29. The SMILES string of the molecule is O=C(O)COc1ccc(CCC(=O)c2ccc(-c3ccc(C(F)(F)F)cc3)s2)cc1F. The summed E-state index contributed by atoms with van der Waals surface area (Å²) in [5.41, 5.74) is 0.389. The molecule has 0 saturated heterocycles. The van der Waals surface area contributed by atoms with Crippen molar-refractivity contribution in [2.45, 2.75) is 19.0 Å². The molecule has 4 nitrogen and oxygen atoms in total. The zero-order valence-electron chi connectivity index (χ0n) is 15.9. The van der Waals surface area contributed by atoms with Gasteiger partial charge in [-0.3, -0.25) is 4.79 Å². The van der Waals surface area contributed by atoms with Gasteiger partial charge in [0.15, 0.2) is 24.0 Å². The molecule has 1 heterocycles. The fourth-order valence-electron chi connectivity index (χ4n) is 2.80. The van der Waals surface area contributed by atoms with Crippen molar-refractivity contribution in [2.24, 2.45) is 0 Å². The lowest BCUT2D eigenvalue weighted by Gasteiger charge is -2.07. The third-order valence-electron chi connectivity index (χ3n) is 4.37. The fraction of sp³-hybridized carbons (Fsp3) is 0.182. The number of aliphatic carboxylic acids is 1. The number of thiophene rings is 1. The Balaban J connectivity index is 1.61. The van der Waals surface area contributed by atoms with Gasteiger partial charge in [0.25, 0.3) is 0 Å². The molecule has 1 aromatic heterocycles. The lowest BCUT2D eigenvalue weighted by atomic mass is 10.1. The number of carboxylic acid groups (broad SMARTS) is 1. The quantitative estimate of drug-likeness (QED) is 0.344. The van der Waals surface area contributed by atoms with E-state index in [0.29, 0.717) is 20.9 Å². The van der Waals surface area contributed by atoms with E-state index in [1.54, 1.807) is 18.2 Å². The van der Waals surface area contributed by atoms with Crippen molar-refractivity contribution < 1.29 is 37.0 Å². The highest BCUT2D eigenvalue weighted by Gasteiger charge is 2.30. The Morgan fingerprint density at radius 3 is 2.32 bits per heavy atom. The Morgan fingerprint density at radius 2 is 1.71 bits per heavy atom. The lowest BCUT2D eigenvalue weighted by molar-refractivity contribution is -0.139. The van der Waals surface area contributed by atoms with E-state index in [1.165, 1.54) is 35.6 Å². The zero-order valence-corrected chi connectivity index (χ0v) is 16.7. The maximum atomic E-state index is 14.0. The van der Waals surface area contributed by atoms with Crippen molar-refractivity contribution in [1.82, 2.24) is 0 Å². The van der Waals surface area contributed by atoms with E-state index >= 15 is 0 Å². The van der Waals surface area contributed by atoms with Crippen LogP contribution in [0.5, 0.6) is 5.75 Å². The molecule has 1 N–H and O–H groups in total. The number of hydrogen-bond acceptors (Lipinski definition) is 4. The first-order valence-corrected chi connectivity index (χ1v) is 9.89. The van der Waals surface area contributed by atoms with Crippen LogP contribution in [0.3, 0.4) is 0 Å². The van der Waals surface area contributed by atoms with Crippen molar-refractivity contribution in [3.8, 4) is 16.2 Å². The second-order valence-electron chi connectivity index (χ2n) is 6.61. The lowest BCUT2D eigenvalue weighted by Crippen LogP contribution is -2.10. The van der Waals surface area contributed by atoms with Crippen LogP contribution in [0.4, 0.5) is 17.6 Å². The minimum atomic E-state index is -4.41. The summed E-state index contributed by atoms with van der Waals surface area (Å²) in [4.78, 5) is 24.1. The van der Waals surface area contributed by atoms with Crippen LogP contribution in [0.2, 0.25) is 0 Å². The highest BCUT2D eigenvalue weighted by Crippen LogP contribution is 2.33. The third kappa shape index (κ3) is 5.91. The van der Waals surface area contributed by atoms with Gasteiger partial charge in [-0.2, -0.15) is 13.2 Å². The number of hydrogen-bond donors (Lipinski definition) is 1. The van der Waals surface area contributed by atoms with Gasteiger partial charge in [0.1, 0.15) is 0 Å². The molecule has 3 rings (SSSR count). The van der Waals surface area contributed by atoms with Crippen molar-refractivity contribution in [1.29, 1.82) is 0 Å². The highest BCUT2D eigenvalue weighted by atomic mass is 32.1. The van der Waals surface area contributed by atoms with E-state index in [9.17, 15) is 27.2 Å². The van der Waals surface area contributed by atoms with E-state index in [1.807, 2.05) is 0 Å². The molecule has 0 aliphatic carbocycles. The Kier molecular flexibility index (Phi) is 6.74. The van der Waals surface area contributed by atoms with Gasteiger partial charge in [-0.1, -0.05) is 18.2 Å². The molecule has 0 aliphatic rings. The van der Waals surface area contributed by atoms with Crippen molar-refractivity contribution in [3.63, 3.8) is 0 Å². The number of ether oxygens (including phenoxy) is 1. The van der Waals surface area contributed by atoms with Crippen molar-refractivity contribution in [2.75, 3.05) is 6.61 Å². The first-order valence-electron chi connectivity index (χ1n) is 9.07. The van der Waals surface area contributed by atoms with Crippen LogP contribution in [-0.4, -0.2) is 23.5 Å². The number of carbonyl (C=O) groups excluding carboxylic acids is 1. The topological polar surface area (TPSA) is 63.6 Å². The monoisotopic (exact) mass is 452 g/mol. The average Bonchev–Trinajstić information content (AvgIpc) is 3.21. The molecular formula is C22H16F4O4S. The van der Waals surface area contributed by atoms with E-state index in [-0.39, 0.29) is 24.4 Å². The normalized spacial score (nSPS) is 11.4. The number of Topliss-reactive ketones (excluding diaryl/α,β-unsaturated/α-hetero) is 1. The maximum absolute atomic E-state index is 14.0. The molecule has 0 bridgehead atoms. The van der Waals surface area contributed by atoms with Gasteiger partial charge >= 0.3 is 12.1 Å². The van der Waals surface area contributed by atoms with E-state index < -0.39 is 30.1 Å². The number of benzene rings is 2. The second-order valence-corrected chi connectivity index (χ2v) is 7.69. The summed E-state index contributed by atoms with van der Waals surface area (Å²) >= 11 is 1.18. The summed E-state index contributed by atoms with van der Waals surface area (Å²) in [7, 11) is 0. The molecule has 0 radical (unpaired) electrons. The number of ketones is 1.